The molecule has 2 heterocycles. The second-order valence-electron chi connectivity index (χ2n) is 6.49. The monoisotopic (exact) mass is 447 g/mol. The van der Waals surface area contributed by atoms with Crippen LogP contribution in [-0.2, 0) is 23.7 Å². The summed E-state index contributed by atoms with van der Waals surface area (Å²) in [5.41, 5.74) is 1.57. The summed E-state index contributed by atoms with van der Waals surface area (Å²) in [6, 6.07) is 8.92. The van der Waals surface area contributed by atoms with E-state index in [4.69, 9.17) is 14.4 Å². The first kappa shape index (κ1) is 20.6. The van der Waals surface area contributed by atoms with Gasteiger partial charge in [-0.2, -0.15) is 10.1 Å². The number of sulfonamides is 1. The normalized spacial score (nSPS) is 11.6. The minimum Gasteiger partial charge on any atom is -0.487 e. The molecule has 0 spiro atoms. The second-order valence-corrected chi connectivity index (χ2v) is 8.05. The minimum atomic E-state index is -3.81. The lowest BCUT2D eigenvalue weighted by Gasteiger charge is -2.08. The lowest BCUT2D eigenvalue weighted by atomic mass is 10.2. The summed E-state index contributed by atoms with van der Waals surface area (Å²) in [4.78, 5) is 4.28. The molecule has 2 aromatic heterocycles. The molecule has 9 nitrogen and oxygen atoms in total. The van der Waals surface area contributed by atoms with Gasteiger partial charge in [0, 0.05) is 18.7 Å². The maximum absolute atomic E-state index is 13.4. The van der Waals surface area contributed by atoms with Crippen molar-refractivity contribution < 1.29 is 26.5 Å². The Bertz CT molecular complexity index is 1350. The van der Waals surface area contributed by atoms with Crippen LogP contribution in [0.5, 0.6) is 5.75 Å². The van der Waals surface area contributed by atoms with Gasteiger partial charge in [0.1, 0.15) is 12.4 Å². The zero-order valence-corrected chi connectivity index (χ0v) is 16.8. The van der Waals surface area contributed by atoms with Crippen molar-refractivity contribution in [3.63, 3.8) is 0 Å². The van der Waals surface area contributed by atoms with Crippen LogP contribution in [0, 0.1) is 11.6 Å². The van der Waals surface area contributed by atoms with Crippen LogP contribution >= 0.6 is 0 Å². The number of hydrogen-bond donors (Lipinski definition) is 1. The number of nitrogens with zero attached hydrogens (tertiary/aromatic N) is 4. The number of hydrogen-bond acceptors (Lipinski definition) is 7. The van der Waals surface area contributed by atoms with E-state index >= 15 is 0 Å². The van der Waals surface area contributed by atoms with E-state index < -0.39 is 21.7 Å². The van der Waals surface area contributed by atoms with Gasteiger partial charge in [-0.3, -0.25) is 4.68 Å². The Morgan fingerprint density at radius 3 is 2.55 bits per heavy atom. The highest BCUT2D eigenvalue weighted by Crippen LogP contribution is 2.26. The van der Waals surface area contributed by atoms with Crippen LogP contribution < -0.4 is 9.88 Å². The van der Waals surface area contributed by atoms with E-state index in [1.54, 1.807) is 7.05 Å². The molecule has 160 valence electrons. The molecule has 0 amide bonds. The van der Waals surface area contributed by atoms with Crippen LogP contribution in [0.4, 0.5) is 8.78 Å². The first-order valence-corrected chi connectivity index (χ1v) is 10.3. The summed E-state index contributed by atoms with van der Waals surface area (Å²) in [5.74, 6) is -1.45. The lowest BCUT2D eigenvalue weighted by Crippen LogP contribution is -2.11. The largest absolute Gasteiger partial charge is 0.487 e. The maximum atomic E-state index is 13.4. The van der Waals surface area contributed by atoms with Gasteiger partial charge < -0.3 is 9.26 Å². The van der Waals surface area contributed by atoms with Gasteiger partial charge in [0.15, 0.2) is 11.6 Å². The molecular formula is C19H15F2N5O4S. The average molecular weight is 447 g/mol. The highest BCUT2D eigenvalue weighted by atomic mass is 32.2. The third-order valence-electron chi connectivity index (χ3n) is 4.43. The fourth-order valence-corrected chi connectivity index (χ4v) is 3.29. The van der Waals surface area contributed by atoms with Gasteiger partial charge in [0.05, 0.1) is 22.3 Å². The Labute approximate surface area is 175 Å². The first-order chi connectivity index (χ1) is 14.7. The number of halogens is 2. The third-order valence-corrected chi connectivity index (χ3v) is 5.35. The molecule has 4 aromatic rings. The molecular weight excluding hydrogens is 432 g/mol. The van der Waals surface area contributed by atoms with Crippen molar-refractivity contribution in [3.8, 4) is 28.6 Å². The zero-order chi connectivity index (χ0) is 22.2. The second kappa shape index (κ2) is 7.89. The van der Waals surface area contributed by atoms with Crippen LogP contribution in [0.1, 0.15) is 5.69 Å². The number of benzene rings is 2. The summed E-state index contributed by atoms with van der Waals surface area (Å²) in [5, 5.41) is 13.2. The van der Waals surface area contributed by atoms with Gasteiger partial charge in [-0.15, -0.1) is 0 Å². The minimum absolute atomic E-state index is 0.0162. The van der Waals surface area contributed by atoms with E-state index in [0.717, 1.165) is 12.1 Å². The van der Waals surface area contributed by atoms with Crippen LogP contribution in [-0.4, -0.2) is 28.3 Å². The molecule has 0 aliphatic heterocycles. The van der Waals surface area contributed by atoms with E-state index in [9.17, 15) is 17.2 Å². The summed E-state index contributed by atoms with van der Waals surface area (Å²) in [6.45, 7) is -0.0162. The molecule has 12 heteroatoms. The Balaban J connectivity index is 1.57. The van der Waals surface area contributed by atoms with Crippen LogP contribution in [0.25, 0.3) is 22.8 Å². The predicted molar refractivity (Wildman–Crippen MR) is 104 cm³/mol. The van der Waals surface area contributed by atoms with E-state index in [1.807, 2.05) is 0 Å². The highest BCUT2D eigenvalue weighted by molar-refractivity contribution is 7.89. The van der Waals surface area contributed by atoms with Crippen molar-refractivity contribution in [2.24, 2.45) is 12.2 Å². The molecule has 31 heavy (non-hydrogen) atoms. The standard InChI is InChI=1S/C19H15F2N5O4S/c1-26-17(10-29-12-4-7-15(20)16(21)8-12)14(9-23-26)19-24-18(25-30-19)11-2-5-13(6-3-11)31(22,27)28/h2-9H,10H2,1H3,(H2,22,27,28). The van der Waals surface area contributed by atoms with E-state index in [-0.39, 0.29) is 29.0 Å². The van der Waals surface area contributed by atoms with Crippen molar-refractivity contribution in [2.75, 3.05) is 0 Å². The number of rotatable bonds is 6. The third kappa shape index (κ3) is 4.29. The molecule has 0 radical (unpaired) electrons. The molecule has 0 fully saturated rings. The molecule has 2 N–H and O–H groups in total. The topological polar surface area (TPSA) is 126 Å². The van der Waals surface area contributed by atoms with Crippen molar-refractivity contribution in [2.45, 2.75) is 11.5 Å². The van der Waals surface area contributed by atoms with Crippen molar-refractivity contribution in [3.05, 3.63) is 66.0 Å². The Morgan fingerprint density at radius 2 is 1.87 bits per heavy atom. The number of ether oxygens (including phenoxy) is 1. The van der Waals surface area contributed by atoms with Crippen molar-refractivity contribution >= 4 is 10.0 Å². The molecule has 0 bridgehead atoms. The van der Waals surface area contributed by atoms with Gasteiger partial charge in [0.2, 0.25) is 15.8 Å². The Hall–Kier alpha value is -3.64. The van der Waals surface area contributed by atoms with Crippen molar-refractivity contribution in [1.82, 2.24) is 19.9 Å². The zero-order valence-electron chi connectivity index (χ0n) is 16.0. The summed E-state index contributed by atoms with van der Waals surface area (Å²) in [6.07, 6.45) is 1.51. The van der Waals surface area contributed by atoms with Gasteiger partial charge in [-0.25, -0.2) is 22.3 Å². The Kier molecular flexibility index (Phi) is 5.25. The van der Waals surface area contributed by atoms with Crippen LogP contribution in [0.3, 0.4) is 0 Å². The molecule has 0 atom stereocenters. The van der Waals surface area contributed by atoms with Crippen molar-refractivity contribution in [1.29, 1.82) is 0 Å². The van der Waals surface area contributed by atoms with E-state index in [2.05, 4.69) is 15.2 Å². The predicted octanol–water partition coefficient (Wildman–Crippen LogP) is 2.64. The summed E-state index contributed by atoms with van der Waals surface area (Å²) >= 11 is 0. The van der Waals surface area contributed by atoms with Gasteiger partial charge >= 0.3 is 0 Å². The molecule has 0 saturated heterocycles. The number of aryl methyl sites for hydroxylation is 1. The fraction of sp³-hybridized carbons (Fsp3) is 0.105. The van der Waals surface area contributed by atoms with E-state index in [1.165, 1.54) is 41.2 Å². The van der Waals surface area contributed by atoms with E-state index in [0.29, 0.717) is 16.8 Å². The van der Waals surface area contributed by atoms with Gasteiger partial charge in [-0.05, 0) is 36.4 Å². The van der Waals surface area contributed by atoms with Gasteiger partial charge in [0.25, 0.3) is 5.89 Å². The molecule has 2 aromatic carbocycles. The average Bonchev–Trinajstić information content (AvgIpc) is 3.35. The molecule has 0 unspecified atom stereocenters. The molecule has 0 aliphatic carbocycles. The molecule has 0 aliphatic rings. The molecule has 0 saturated carbocycles. The quantitative estimate of drug-likeness (QED) is 0.481. The van der Waals surface area contributed by atoms with Crippen LogP contribution in [0.15, 0.2) is 58.1 Å². The maximum Gasteiger partial charge on any atom is 0.261 e. The lowest BCUT2D eigenvalue weighted by molar-refractivity contribution is 0.292. The van der Waals surface area contributed by atoms with Crippen LogP contribution in [0.2, 0.25) is 0 Å². The summed E-state index contributed by atoms with van der Waals surface area (Å²) < 4.78 is 61.6. The first-order valence-electron chi connectivity index (χ1n) is 8.78. The Morgan fingerprint density at radius 1 is 1.13 bits per heavy atom. The summed E-state index contributed by atoms with van der Waals surface area (Å²) in [7, 11) is -2.13. The smallest absolute Gasteiger partial charge is 0.261 e. The number of aromatic nitrogens is 4. The number of nitrogens with two attached hydrogens (primary N) is 1. The number of primary sulfonamides is 1. The fourth-order valence-electron chi connectivity index (χ4n) is 2.77. The highest BCUT2D eigenvalue weighted by Gasteiger charge is 2.19. The van der Waals surface area contributed by atoms with Gasteiger partial charge in [-0.1, -0.05) is 5.16 Å². The molecule has 4 rings (SSSR count). The SMILES string of the molecule is Cn1ncc(-c2nc(-c3ccc(S(N)(=O)=O)cc3)no2)c1COc1ccc(F)c(F)c1.